The second kappa shape index (κ2) is 9.94. The largest absolute Gasteiger partial charge is 0.497 e. The maximum atomic E-state index is 12.0. The van der Waals surface area contributed by atoms with Crippen molar-refractivity contribution in [3.63, 3.8) is 0 Å². The normalized spacial score (nSPS) is 11.2. The average Bonchev–Trinajstić information content (AvgIpc) is 2.66. The summed E-state index contributed by atoms with van der Waals surface area (Å²) in [6.45, 7) is 0.461. The third kappa shape index (κ3) is 7.28. The maximum Gasteiger partial charge on any atom is 0.257 e. The van der Waals surface area contributed by atoms with Crippen LogP contribution in [0, 0.1) is 0 Å². The molecule has 0 unspecified atom stereocenters. The predicted octanol–water partition coefficient (Wildman–Crippen LogP) is 1.65. The zero-order valence-corrected chi connectivity index (χ0v) is 16.2. The molecule has 0 spiro atoms. The Morgan fingerprint density at radius 2 is 1.70 bits per heavy atom. The van der Waals surface area contributed by atoms with E-state index < -0.39 is 10.0 Å². The van der Waals surface area contributed by atoms with Crippen LogP contribution >= 0.6 is 0 Å². The van der Waals surface area contributed by atoms with E-state index in [-0.39, 0.29) is 32.1 Å². The lowest BCUT2D eigenvalue weighted by atomic mass is 10.2. The van der Waals surface area contributed by atoms with Gasteiger partial charge in [-0.2, -0.15) is 4.31 Å². The Balaban J connectivity index is 1.82. The lowest BCUT2D eigenvalue weighted by Gasteiger charge is -2.20. The zero-order valence-electron chi connectivity index (χ0n) is 15.4. The molecule has 1 amide bonds. The van der Waals surface area contributed by atoms with Crippen molar-refractivity contribution in [1.29, 1.82) is 0 Å². The molecule has 8 heteroatoms. The van der Waals surface area contributed by atoms with Crippen LogP contribution in [0.1, 0.15) is 5.56 Å². The highest BCUT2D eigenvalue weighted by Gasteiger charge is 2.17. The van der Waals surface area contributed by atoms with Crippen LogP contribution in [0.3, 0.4) is 0 Å². The summed E-state index contributed by atoms with van der Waals surface area (Å²) >= 11 is 0. The van der Waals surface area contributed by atoms with E-state index in [2.05, 4.69) is 5.32 Å². The number of amides is 1. The minimum absolute atomic E-state index is 0.124. The monoisotopic (exact) mass is 392 g/mol. The molecule has 2 aromatic rings. The van der Waals surface area contributed by atoms with Crippen LogP contribution in [-0.4, -0.2) is 51.7 Å². The van der Waals surface area contributed by atoms with Crippen LogP contribution in [0.25, 0.3) is 0 Å². The van der Waals surface area contributed by atoms with E-state index in [1.54, 1.807) is 31.4 Å². The van der Waals surface area contributed by atoms with Crippen LogP contribution in [0.5, 0.6) is 11.5 Å². The van der Waals surface area contributed by atoms with Crippen LogP contribution in [0.15, 0.2) is 54.6 Å². The highest BCUT2D eigenvalue weighted by atomic mass is 32.2. The first-order chi connectivity index (χ1) is 12.9. The van der Waals surface area contributed by atoms with Crippen molar-refractivity contribution in [3.8, 4) is 11.5 Å². The lowest BCUT2D eigenvalue weighted by Crippen LogP contribution is -2.39. The summed E-state index contributed by atoms with van der Waals surface area (Å²) in [5.74, 6) is 0.997. The summed E-state index contributed by atoms with van der Waals surface area (Å²) in [5, 5.41) is 2.67. The van der Waals surface area contributed by atoms with Crippen molar-refractivity contribution in [2.24, 2.45) is 0 Å². The van der Waals surface area contributed by atoms with E-state index in [0.29, 0.717) is 11.5 Å². The Morgan fingerprint density at radius 1 is 1.04 bits per heavy atom. The topological polar surface area (TPSA) is 84.9 Å². The van der Waals surface area contributed by atoms with Crippen molar-refractivity contribution in [3.05, 3.63) is 60.2 Å². The summed E-state index contributed by atoms with van der Waals surface area (Å²) in [7, 11) is -1.84. The zero-order chi connectivity index (χ0) is 19.7. The van der Waals surface area contributed by atoms with Crippen LogP contribution in [0.4, 0.5) is 0 Å². The van der Waals surface area contributed by atoms with Gasteiger partial charge >= 0.3 is 0 Å². The molecule has 27 heavy (non-hydrogen) atoms. The van der Waals surface area contributed by atoms with Crippen LogP contribution < -0.4 is 14.8 Å². The molecule has 146 valence electrons. The first kappa shape index (κ1) is 20.7. The highest BCUT2D eigenvalue weighted by molar-refractivity contribution is 7.88. The van der Waals surface area contributed by atoms with Gasteiger partial charge in [0.15, 0.2) is 6.61 Å². The first-order valence-corrected chi connectivity index (χ1v) is 10.3. The Kier molecular flexibility index (Phi) is 7.63. The van der Waals surface area contributed by atoms with Gasteiger partial charge in [0, 0.05) is 19.6 Å². The van der Waals surface area contributed by atoms with Gasteiger partial charge in [-0.25, -0.2) is 8.42 Å². The number of nitrogens with one attached hydrogen (secondary N) is 1. The predicted molar refractivity (Wildman–Crippen MR) is 103 cm³/mol. The number of benzene rings is 2. The van der Waals surface area contributed by atoms with Crippen LogP contribution in [-0.2, 0) is 21.4 Å². The van der Waals surface area contributed by atoms with E-state index in [0.717, 1.165) is 11.8 Å². The molecular formula is C19H24N2O5S. The van der Waals surface area contributed by atoms with Gasteiger partial charge in [0.05, 0.1) is 13.4 Å². The molecule has 1 N–H and O–H groups in total. The number of nitrogens with zero attached hydrogens (tertiary/aromatic N) is 1. The molecule has 0 saturated carbocycles. The molecule has 7 nitrogen and oxygen atoms in total. The van der Waals surface area contributed by atoms with Gasteiger partial charge in [-0.3, -0.25) is 4.79 Å². The smallest absolute Gasteiger partial charge is 0.257 e. The van der Waals surface area contributed by atoms with E-state index in [1.165, 1.54) is 4.31 Å². The first-order valence-electron chi connectivity index (χ1n) is 8.41. The third-order valence-electron chi connectivity index (χ3n) is 3.78. The Bertz CT molecular complexity index is 823. The number of carbonyl (C=O) groups is 1. The van der Waals surface area contributed by atoms with Gasteiger partial charge in [0.2, 0.25) is 10.0 Å². The number of para-hydroxylation sites is 1. The fraction of sp³-hybridized carbons (Fsp3) is 0.316. The number of rotatable bonds is 10. The number of sulfonamides is 1. The second-order valence-electron chi connectivity index (χ2n) is 5.90. The van der Waals surface area contributed by atoms with Gasteiger partial charge in [-0.15, -0.1) is 0 Å². The average molecular weight is 392 g/mol. The SMILES string of the molecule is COc1ccc(CN(CCNC(=O)COc2ccccc2)S(C)(=O)=O)cc1. The lowest BCUT2D eigenvalue weighted by molar-refractivity contribution is -0.123. The molecule has 2 aromatic carbocycles. The summed E-state index contributed by atoms with van der Waals surface area (Å²) < 4.78 is 35.8. The molecule has 2 rings (SSSR count). The summed E-state index contributed by atoms with van der Waals surface area (Å²) in [5.41, 5.74) is 0.833. The molecule has 0 aliphatic carbocycles. The number of methoxy groups -OCH3 is 1. The minimum atomic E-state index is -3.41. The van der Waals surface area contributed by atoms with Gasteiger partial charge in [-0.05, 0) is 29.8 Å². The minimum Gasteiger partial charge on any atom is -0.497 e. The van der Waals surface area contributed by atoms with Crippen molar-refractivity contribution >= 4 is 15.9 Å². The van der Waals surface area contributed by atoms with E-state index in [4.69, 9.17) is 9.47 Å². The molecule has 0 aromatic heterocycles. The molecule has 0 radical (unpaired) electrons. The van der Waals surface area contributed by atoms with Gasteiger partial charge in [0.25, 0.3) is 5.91 Å². The molecule has 0 aliphatic rings. The molecule has 0 bridgehead atoms. The van der Waals surface area contributed by atoms with E-state index in [1.807, 2.05) is 30.3 Å². The third-order valence-corrected chi connectivity index (χ3v) is 5.03. The fourth-order valence-electron chi connectivity index (χ4n) is 2.33. The standard InChI is InChI=1S/C19H24N2O5S/c1-25-17-10-8-16(9-11-17)14-21(27(2,23)24)13-12-20-19(22)15-26-18-6-4-3-5-7-18/h3-11H,12-15H2,1-2H3,(H,20,22). The number of ether oxygens (including phenoxy) is 2. The Morgan fingerprint density at radius 3 is 2.30 bits per heavy atom. The van der Waals surface area contributed by atoms with Crippen molar-refractivity contribution in [2.45, 2.75) is 6.54 Å². The number of carbonyl (C=O) groups excluding carboxylic acids is 1. The molecule has 0 heterocycles. The maximum absolute atomic E-state index is 12.0. The van der Waals surface area contributed by atoms with Crippen molar-refractivity contribution in [1.82, 2.24) is 9.62 Å². The Labute approximate surface area is 160 Å². The van der Waals surface area contributed by atoms with Crippen LogP contribution in [0.2, 0.25) is 0 Å². The summed E-state index contributed by atoms with van der Waals surface area (Å²) in [6.07, 6.45) is 1.15. The fourth-order valence-corrected chi connectivity index (χ4v) is 3.14. The van der Waals surface area contributed by atoms with Gasteiger partial charge in [0.1, 0.15) is 11.5 Å². The molecule has 0 aliphatic heterocycles. The molecular weight excluding hydrogens is 368 g/mol. The van der Waals surface area contributed by atoms with E-state index >= 15 is 0 Å². The molecule has 0 saturated heterocycles. The van der Waals surface area contributed by atoms with E-state index in [9.17, 15) is 13.2 Å². The van der Waals surface area contributed by atoms with Crippen molar-refractivity contribution < 1.29 is 22.7 Å². The van der Waals surface area contributed by atoms with Gasteiger partial charge in [-0.1, -0.05) is 30.3 Å². The number of hydrogen-bond donors (Lipinski definition) is 1. The summed E-state index contributed by atoms with van der Waals surface area (Å²) in [4.78, 5) is 11.9. The number of hydrogen-bond acceptors (Lipinski definition) is 5. The second-order valence-corrected chi connectivity index (χ2v) is 7.88. The molecule has 0 atom stereocenters. The quantitative estimate of drug-likeness (QED) is 0.665. The Hall–Kier alpha value is -2.58. The highest BCUT2D eigenvalue weighted by Crippen LogP contribution is 2.14. The van der Waals surface area contributed by atoms with Crippen molar-refractivity contribution in [2.75, 3.05) is 33.1 Å². The summed E-state index contributed by atoms with van der Waals surface area (Å²) in [6, 6.07) is 16.2. The molecule has 0 fully saturated rings. The van der Waals surface area contributed by atoms with Gasteiger partial charge < -0.3 is 14.8 Å².